The van der Waals surface area contributed by atoms with E-state index in [4.69, 9.17) is 4.74 Å². The number of ether oxygens (including phenoxy) is 1. The Morgan fingerprint density at radius 1 is 1.32 bits per heavy atom. The van der Waals surface area contributed by atoms with Crippen molar-refractivity contribution in [3.63, 3.8) is 0 Å². The number of rotatable bonds is 6. The van der Waals surface area contributed by atoms with Crippen molar-refractivity contribution in [1.82, 2.24) is 19.4 Å². The molecule has 1 amide bonds. The smallest absolute Gasteiger partial charge is 0.329 e. The molecule has 0 radical (unpaired) electrons. The predicted molar refractivity (Wildman–Crippen MR) is 105 cm³/mol. The Kier molecular flexibility index (Phi) is 5.05. The fourth-order valence-electron chi connectivity index (χ4n) is 3.90. The maximum Gasteiger partial charge on any atom is 0.329 e. The highest BCUT2D eigenvalue weighted by molar-refractivity contribution is 6.05. The van der Waals surface area contributed by atoms with E-state index >= 15 is 0 Å². The van der Waals surface area contributed by atoms with Gasteiger partial charge in [0, 0.05) is 37.9 Å². The Bertz CT molecular complexity index is 1020. The van der Waals surface area contributed by atoms with Crippen LogP contribution in [0.4, 0.5) is 0 Å². The van der Waals surface area contributed by atoms with Gasteiger partial charge in [0.2, 0.25) is 0 Å². The van der Waals surface area contributed by atoms with Crippen molar-refractivity contribution in [2.45, 2.75) is 58.1 Å². The summed E-state index contributed by atoms with van der Waals surface area (Å²) < 4.78 is 7.11. The summed E-state index contributed by atoms with van der Waals surface area (Å²) in [5.74, 6) is 0.0861. The largest absolute Gasteiger partial charge is 0.376 e. The number of pyridine rings is 1. The SMILES string of the molecule is CCN(CC1CCCO1)C(=O)c1cc(C2CC2)nc2c1c(=O)[nH]c(=O)n2CC. The summed E-state index contributed by atoms with van der Waals surface area (Å²) in [7, 11) is 0. The Labute approximate surface area is 162 Å². The van der Waals surface area contributed by atoms with Gasteiger partial charge in [0.05, 0.1) is 17.1 Å². The Morgan fingerprint density at radius 3 is 2.71 bits per heavy atom. The normalized spacial score (nSPS) is 19.3. The highest BCUT2D eigenvalue weighted by Gasteiger charge is 2.30. The zero-order valence-electron chi connectivity index (χ0n) is 16.4. The van der Waals surface area contributed by atoms with Gasteiger partial charge < -0.3 is 9.64 Å². The zero-order chi connectivity index (χ0) is 19.8. The van der Waals surface area contributed by atoms with Crippen LogP contribution in [0.25, 0.3) is 11.0 Å². The number of aromatic nitrogens is 3. The number of nitrogens with zero attached hydrogens (tertiary/aromatic N) is 3. The monoisotopic (exact) mass is 386 g/mol. The van der Waals surface area contributed by atoms with Crippen molar-refractivity contribution in [2.75, 3.05) is 19.7 Å². The number of hydrogen-bond donors (Lipinski definition) is 1. The van der Waals surface area contributed by atoms with Crippen LogP contribution in [0, 0.1) is 0 Å². The number of aromatic amines is 1. The van der Waals surface area contributed by atoms with E-state index in [1.54, 1.807) is 11.0 Å². The number of aryl methyl sites for hydroxylation is 1. The highest BCUT2D eigenvalue weighted by atomic mass is 16.5. The fraction of sp³-hybridized carbons (Fsp3) is 0.600. The lowest BCUT2D eigenvalue weighted by Gasteiger charge is -2.25. The summed E-state index contributed by atoms with van der Waals surface area (Å²) in [4.78, 5) is 47.0. The Hall–Kier alpha value is -2.48. The van der Waals surface area contributed by atoms with Crippen LogP contribution < -0.4 is 11.2 Å². The van der Waals surface area contributed by atoms with Crippen LogP contribution in [-0.2, 0) is 11.3 Å². The molecule has 1 aliphatic heterocycles. The third kappa shape index (κ3) is 3.37. The second kappa shape index (κ2) is 7.50. The molecule has 1 saturated carbocycles. The summed E-state index contributed by atoms with van der Waals surface area (Å²) in [5, 5.41) is 0.196. The maximum absolute atomic E-state index is 13.4. The molecule has 150 valence electrons. The molecule has 1 unspecified atom stereocenters. The first kappa shape index (κ1) is 18.9. The van der Waals surface area contributed by atoms with E-state index in [1.165, 1.54) is 4.57 Å². The van der Waals surface area contributed by atoms with Crippen LogP contribution >= 0.6 is 0 Å². The number of hydrogen-bond acceptors (Lipinski definition) is 5. The first-order valence-corrected chi connectivity index (χ1v) is 10.1. The molecular formula is C20H26N4O4. The standard InChI is InChI=1S/C20H26N4O4/c1-3-23(11-13-6-5-9-28-13)19(26)14-10-15(12-7-8-12)21-17-16(14)18(25)22-20(27)24(17)4-2/h10,12-13H,3-9,11H2,1-2H3,(H,22,25,27). The molecule has 1 saturated heterocycles. The van der Waals surface area contributed by atoms with Gasteiger partial charge in [-0.1, -0.05) is 0 Å². The van der Waals surface area contributed by atoms with Crippen molar-refractivity contribution in [1.29, 1.82) is 0 Å². The number of carbonyl (C=O) groups is 1. The lowest BCUT2D eigenvalue weighted by molar-refractivity contribution is 0.0540. The lowest BCUT2D eigenvalue weighted by Crippen LogP contribution is -2.38. The second-order valence-electron chi connectivity index (χ2n) is 7.55. The molecule has 3 heterocycles. The van der Waals surface area contributed by atoms with E-state index in [1.807, 2.05) is 13.8 Å². The number of nitrogens with one attached hydrogen (secondary N) is 1. The number of H-pyrrole nitrogens is 1. The predicted octanol–water partition coefficient (Wildman–Crippen LogP) is 1.62. The van der Waals surface area contributed by atoms with Crippen molar-refractivity contribution in [3.8, 4) is 0 Å². The number of fused-ring (bicyclic) bond motifs is 1. The molecule has 2 aromatic rings. The molecule has 0 spiro atoms. The molecule has 8 nitrogen and oxygen atoms in total. The molecule has 1 aliphatic carbocycles. The summed E-state index contributed by atoms with van der Waals surface area (Å²) in [6.07, 6.45) is 4.00. The van der Waals surface area contributed by atoms with Crippen molar-refractivity contribution < 1.29 is 9.53 Å². The average Bonchev–Trinajstić information content (AvgIpc) is 3.41. The van der Waals surface area contributed by atoms with Crippen LogP contribution in [0.15, 0.2) is 15.7 Å². The van der Waals surface area contributed by atoms with Gasteiger partial charge in [-0.2, -0.15) is 0 Å². The van der Waals surface area contributed by atoms with Gasteiger partial charge in [0.25, 0.3) is 11.5 Å². The van der Waals surface area contributed by atoms with Gasteiger partial charge in [-0.3, -0.25) is 19.1 Å². The average molecular weight is 386 g/mol. The van der Waals surface area contributed by atoms with E-state index in [0.29, 0.717) is 36.8 Å². The van der Waals surface area contributed by atoms with Crippen LogP contribution in [0.1, 0.15) is 61.5 Å². The van der Waals surface area contributed by atoms with Gasteiger partial charge >= 0.3 is 5.69 Å². The molecule has 1 atom stereocenters. The van der Waals surface area contributed by atoms with E-state index in [-0.39, 0.29) is 17.4 Å². The second-order valence-corrected chi connectivity index (χ2v) is 7.55. The minimum absolute atomic E-state index is 0.0343. The van der Waals surface area contributed by atoms with Crippen LogP contribution in [0.3, 0.4) is 0 Å². The molecule has 1 N–H and O–H groups in total. The van der Waals surface area contributed by atoms with Crippen LogP contribution in [0.5, 0.6) is 0 Å². The molecule has 0 aromatic carbocycles. The number of likely N-dealkylation sites (N-methyl/N-ethyl adjacent to an activating group) is 1. The fourth-order valence-corrected chi connectivity index (χ4v) is 3.90. The Morgan fingerprint density at radius 2 is 2.11 bits per heavy atom. The third-order valence-corrected chi connectivity index (χ3v) is 5.63. The maximum atomic E-state index is 13.4. The molecule has 8 heteroatoms. The summed E-state index contributed by atoms with van der Waals surface area (Å²) in [6.45, 7) is 5.86. The quantitative estimate of drug-likeness (QED) is 0.814. The summed E-state index contributed by atoms with van der Waals surface area (Å²) >= 11 is 0. The van der Waals surface area contributed by atoms with Gasteiger partial charge in [-0.25, -0.2) is 9.78 Å². The molecular weight excluding hydrogens is 360 g/mol. The molecule has 28 heavy (non-hydrogen) atoms. The van der Waals surface area contributed by atoms with Gasteiger partial charge in [0.15, 0.2) is 5.65 Å². The van der Waals surface area contributed by atoms with Crippen LogP contribution in [0.2, 0.25) is 0 Å². The first-order valence-electron chi connectivity index (χ1n) is 10.1. The van der Waals surface area contributed by atoms with Gasteiger partial charge in [0.1, 0.15) is 0 Å². The van der Waals surface area contributed by atoms with E-state index in [0.717, 1.165) is 38.0 Å². The van der Waals surface area contributed by atoms with E-state index in [9.17, 15) is 14.4 Å². The van der Waals surface area contributed by atoms with Gasteiger partial charge in [-0.05, 0) is 45.6 Å². The Balaban J connectivity index is 1.85. The lowest BCUT2D eigenvalue weighted by atomic mass is 10.1. The highest BCUT2D eigenvalue weighted by Crippen LogP contribution is 2.40. The third-order valence-electron chi connectivity index (χ3n) is 5.63. The molecule has 2 aliphatic rings. The molecule has 2 aromatic heterocycles. The minimum Gasteiger partial charge on any atom is -0.376 e. The topological polar surface area (TPSA) is 97.3 Å². The van der Waals surface area contributed by atoms with Gasteiger partial charge in [-0.15, -0.1) is 0 Å². The summed E-state index contributed by atoms with van der Waals surface area (Å²) in [6, 6.07) is 1.75. The van der Waals surface area contributed by atoms with E-state index in [2.05, 4.69) is 9.97 Å². The number of amides is 1. The van der Waals surface area contributed by atoms with Crippen molar-refractivity contribution in [3.05, 3.63) is 38.2 Å². The molecule has 2 fully saturated rings. The van der Waals surface area contributed by atoms with Crippen LogP contribution in [-0.4, -0.2) is 51.1 Å². The van der Waals surface area contributed by atoms with Crippen molar-refractivity contribution >= 4 is 16.9 Å². The first-order chi connectivity index (χ1) is 13.5. The minimum atomic E-state index is -0.559. The van der Waals surface area contributed by atoms with E-state index < -0.39 is 11.2 Å². The summed E-state index contributed by atoms with van der Waals surface area (Å²) in [5.41, 5.74) is 0.366. The molecule has 0 bridgehead atoms. The van der Waals surface area contributed by atoms with Crippen molar-refractivity contribution in [2.24, 2.45) is 0 Å². The zero-order valence-corrected chi connectivity index (χ0v) is 16.4. The molecule has 4 rings (SSSR count). The number of carbonyl (C=O) groups excluding carboxylic acids is 1.